The Morgan fingerprint density at radius 1 is 1.48 bits per heavy atom. The number of para-hydroxylation sites is 1. The van der Waals surface area contributed by atoms with Crippen LogP contribution in [0, 0.1) is 10.1 Å². The Labute approximate surface area is 119 Å². The number of carbonyl (C=O) groups is 1. The molecular formula is C13H13N3O5. The largest absolute Gasteiger partial charge is 0.484 e. The highest BCUT2D eigenvalue weighted by atomic mass is 16.6. The zero-order valence-corrected chi connectivity index (χ0v) is 11.4. The number of hydrogen-bond acceptors (Lipinski definition) is 5. The van der Waals surface area contributed by atoms with Crippen molar-refractivity contribution >= 4 is 11.7 Å². The van der Waals surface area contributed by atoms with E-state index in [-0.39, 0.29) is 28.9 Å². The summed E-state index contributed by atoms with van der Waals surface area (Å²) < 4.78 is 6.72. The number of nitro benzene ring substituents is 1. The summed E-state index contributed by atoms with van der Waals surface area (Å²) in [5.74, 6) is -1.08. The van der Waals surface area contributed by atoms with E-state index in [1.807, 2.05) is 0 Å². The maximum absolute atomic E-state index is 11.3. The molecule has 1 heterocycles. The number of ether oxygens (including phenoxy) is 1. The third-order valence-corrected chi connectivity index (χ3v) is 2.60. The molecule has 0 spiro atoms. The van der Waals surface area contributed by atoms with Crippen LogP contribution in [0.5, 0.6) is 5.75 Å². The first-order valence-electron chi connectivity index (χ1n) is 6.12. The molecule has 1 N–H and O–H groups in total. The van der Waals surface area contributed by atoms with Crippen LogP contribution in [0.15, 0.2) is 30.7 Å². The number of aromatic carboxylic acids is 1. The molecule has 0 bridgehead atoms. The Morgan fingerprint density at radius 3 is 2.71 bits per heavy atom. The minimum atomic E-state index is -1.20. The van der Waals surface area contributed by atoms with Crippen molar-refractivity contribution in [3.63, 3.8) is 0 Å². The van der Waals surface area contributed by atoms with Crippen LogP contribution in [0.4, 0.5) is 5.69 Å². The number of nitro groups is 1. The molecule has 0 radical (unpaired) electrons. The van der Waals surface area contributed by atoms with Gasteiger partial charge in [-0.2, -0.15) is 0 Å². The lowest BCUT2D eigenvalue weighted by molar-refractivity contribution is -0.385. The molecule has 0 fully saturated rings. The van der Waals surface area contributed by atoms with Crippen LogP contribution in [-0.2, 0) is 0 Å². The summed E-state index contributed by atoms with van der Waals surface area (Å²) >= 11 is 0. The quantitative estimate of drug-likeness (QED) is 0.668. The predicted octanol–water partition coefficient (Wildman–Crippen LogP) is 2.27. The molecule has 0 aliphatic heterocycles. The zero-order chi connectivity index (χ0) is 15.6. The summed E-state index contributed by atoms with van der Waals surface area (Å²) in [4.78, 5) is 25.3. The van der Waals surface area contributed by atoms with E-state index in [1.54, 1.807) is 19.9 Å². The second-order valence-electron chi connectivity index (χ2n) is 4.52. The summed E-state index contributed by atoms with van der Waals surface area (Å²) in [5.41, 5.74) is -0.238. The maximum atomic E-state index is 11.3. The zero-order valence-electron chi connectivity index (χ0n) is 11.4. The summed E-state index contributed by atoms with van der Waals surface area (Å²) in [6.07, 6.45) is 2.20. The second-order valence-corrected chi connectivity index (χ2v) is 4.52. The fourth-order valence-corrected chi connectivity index (χ4v) is 1.82. The van der Waals surface area contributed by atoms with Crippen LogP contribution in [0.25, 0.3) is 5.69 Å². The molecule has 1 aromatic carbocycles. The van der Waals surface area contributed by atoms with Gasteiger partial charge in [-0.25, -0.2) is 9.78 Å². The lowest BCUT2D eigenvalue weighted by Crippen LogP contribution is -2.09. The molecule has 0 unspecified atom stereocenters. The van der Waals surface area contributed by atoms with Crippen molar-refractivity contribution in [3.05, 3.63) is 46.5 Å². The Balaban J connectivity index is 2.56. The van der Waals surface area contributed by atoms with Gasteiger partial charge < -0.3 is 9.84 Å². The molecule has 8 heteroatoms. The number of hydrogen-bond donors (Lipinski definition) is 1. The molecular weight excluding hydrogens is 278 g/mol. The Kier molecular flexibility index (Phi) is 3.88. The van der Waals surface area contributed by atoms with Gasteiger partial charge in [0.25, 0.3) is 0 Å². The van der Waals surface area contributed by atoms with E-state index in [1.165, 1.54) is 29.2 Å². The third-order valence-electron chi connectivity index (χ3n) is 2.60. The van der Waals surface area contributed by atoms with Crippen molar-refractivity contribution in [2.24, 2.45) is 0 Å². The van der Waals surface area contributed by atoms with Gasteiger partial charge in [0.2, 0.25) is 0 Å². The van der Waals surface area contributed by atoms with Crippen molar-refractivity contribution in [2.45, 2.75) is 20.0 Å². The highest BCUT2D eigenvalue weighted by Gasteiger charge is 2.23. The van der Waals surface area contributed by atoms with Crippen molar-refractivity contribution in [3.8, 4) is 11.4 Å². The number of carboxylic acids is 1. The van der Waals surface area contributed by atoms with E-state index in [9.17, 15) is 14.9 Å². The number of aromatic nitrogens is 2. The van der Waals surface area contributed by atoms with Gasteiger partial charge >= 0.3 is 11.7 Å². The minimum Gasteiger partial charge on any atom is -0.484 e. The van der Waals surface area contributed by atoms with Crippen LogP contribution >= 0.6 is 0 Å². The number of rotatable bonds is 5. The molecule has 110 valence electrons. The van der Waals surface area contributed by atoms with Gasteiger partial charge in [-0.05, 0) is 26.0 Å². The van der Waals surface area contributed by atoms with E-state index >= 15 is 0 Å². The van der Waals surface area contributed by atoms with Gasteiger partial charge in [-0.1, -0.05) is 6.07 Å². The molecule has 0 saturated carbocycles. The summed E-state index contributed by atoms with van der Waals surface area (Å²) in [5, 5.41) is 20.2. The highest BCUT2D eigenvalue weighted by molar-refractivity contribution is 5.85. The third kappa shape index (κ3) is 2.99. The Hall–Kier alpha value is -2.90. The molecule has 0 aliphatic carbocycles. The maximum Gasteiger partial charge on any atom is 0.356 e. The molecule has 0 atom stereocenters. The Bertz CT molecular complexity index is 693. The van der Waals surface area contributed by atoms with Gasteiger partial charge in [-0.3, -0.25) is 14.7 Å². The van der Waals surface area contributed by atoms with Crippen LogP contribution in [-0.4, -0.2) is 31.7 Å². The molecule has 0 saturated heterocycles. The number of carboxylic acid groups (broad SMARTS) is 1. The van der Waals surface area contributed by atoms with Gasteiger partial charge in [0.1, 0.15) is 12.0 Å². The lowest BCUT2D eigenvalue weighted by Gasteiger charge is -2.12. The average Bonchev–Trinajstić information content (AvgIpc) is 2.86. The van der Waals surface area contributed by atoms with Crippen molar-refractivity contribution < 1.29 is 19.6 Å². The molecule has 2 aromatic rings. The highest BCUT2D eigenvalue weighted by Crippen LogP contribution is 2.34. The van der Waals surface area contributed by atoms with Crippen LogP contribution < -0.4 is 4.74 Å². The van der Waals surface area contributed by atoms with E-state index in [0.717, 1.165) is 0 Å². The standard InChI is InChI=1S/C13H13N3O5/c1-8(2)21-11-5-3-4-10(12(11)16(19)20)15-6-9(13(17)18)14-7-15/h3-8H,1-2H3,(H,17,18). The molecule has 21 heavy (non-hydrogen) atoms. The Morgan fingerprint density at radius 2 is 2.19 bits per heavy atom. The van der Waals surface area contributed by atoms with E-state index < -0.39 is 10.9 Å². The molecule has 8 nitrogen and oxygen atoms in total. The summed E-state index contributed by atoms with van der Waals surface area (Å²) in [7, 11) is 0. The molecule has 0 amide bonds. The predicted molar refractivity (Wildman–Crippen MR) is 72.9 cm³/mol. The first-order chi connectivity index (χ1) is 9.90. The van der Waals surface area contributed by atoms with Crippen molar-refractivity contribution in [1.82, 2.24) is 9.55 Å². The molecule has 0 aliphatic rings. The van der Waals surface area contributed by atoms with Crippen LogP contribution in [0.3, 0.4) is 0 Å². The van der Waals surface area contributed by atoms with E-state index in [2.05, 4.69) is 4.98 Å². The smallest absolute Gasteiger partial charge is 0.356 e. The molecule has 2 rings (SSSR count). The van der Waals surface area contributed by atoms with Gasteiger partial charge in [0.05, 0.1) is 11.0 Å². The first-order valence-corrected chi connectivity index (χ1v) is 6.12. The van der Waals surface area contributed by atoms with Crippen LogP contribution in [0.2, 0.25) is 0 Å². The number of benzene rings is 1. The minimum absolute atomic E-state index is 0.123. The van der Waals surface area contributed by atoms with Crippen LogP contribution in [0.1, 0.15) is 24.3 Å². The first kappa shape index (κ1) is 14.5. The van der Waals surface area contributed by atoms with Gasteiger partial charge in [-0.15, -0.1) is 0 Å². The van der Waals surface area contributed by atoms with Gasteiger partial charge in [0, 0.05) is 6.20 Å². The summed E-state index contributed by atoms with van der Waals surface area (Å²) in [6, 6.07) is 4.59. The van der Waals surface area contributed by atoms with Crippen molar-refractivity contribution in [1.29, 1.82) is 0 Å². The number of imidazole rings is 1. The van der Waals surface area contributed by atoms with Gasteiger partial charge in [0.15, 0.2) is 11.4 Å². The average molecular weight is 291 g/mol. The fraction of sp³-hybridized carbons (Fsp3) is 0.231. The number of nitrogens with zero attached hydrogens (tertiary/aromatic N) is 3. The van der Waals surface area contributed by atoms with Crippen molar-refractivity contribution in [2.75, 3.05) is 0 Å². The normalized spacial score (nSPS) is 10.6. The fourth-order valence-electron chi connectivity index (χ4n) is 1.82. The summed E-state index contributed by atoms with van der Waals surface area (Å²) in [6.45, 7) is 3.52. The van der Waals surface area contributed by atoms with E-state index in [0.29, 0.717) is 0 Å². The SMILES string of the molecule is CC(C)Oc1cccc(-n2cnc(C(=O)O)c2)c1[N+](=O)[O-]. The second kappa shape index (κ2) is 5.61. The topological polar surface area (TPSA) is 107 Å². The molecule has 1 aromatic heterocycles. The van der Waals surface area contributed by atoms with E-state index in [4.69, 9.17) is 9.84 Å². The monoisotopic (exact) mass is 291 g/mol. The lowest BCUT2D eigenvalue weighted by atomic mass is 10.2.